The second-order valence-electron chi connectivity index (χ2n) is 10.2. The Kier molecular flexibility index (Phi) is 10.0. The lowest BCUT2D eigenvalue weighted by atomic mass is 9.93. The fourth-order valence-electron chi connectivity index (χ4n) is 5.37. The molecule has 4 N–H and O–H groups in total. The zero-order valence-corrected chi connectivity index (χ0v) is 23.7. The highest BCUT2D eigenvalue weighted by Crippen LogP contribution is 2.36. The maximum absolute atomic E-state index is 13.7. The number of carbonyl (C=O) groups is 1. The molecule has 0 unspecified atom stereocenters. The number of sulfonamides is 1. The summed E-state index contributed by atoms with van der Waals surface area (Å²) in [5, 5.41) is 22.1. The van der Waals surface area contributed by atoms with E-state index in [4.69, 9.17) is 20.0 Å². The normalized spacial score (nSPS) is 22.4. The number of hydrogen-bond donors (Lipinski definition) is 3. The van der Waals surface area contributed by atoms with Gasteiger partial charge in [0.1, 0.15) is 0 Å². The van der Waals surface area contributed by atoms with Crippen molar-refractivity contribution in [2.24, 2.45) is 5.92 Å². The Labute approximate surface area is 235 Å². The van der Waals surface area contributed by atoms with E-state index in [1.54, 1.807) is 0 Å². The predicted octanol–water partition coefficient (Wildman–Crippen LogP) is 3.09. The van der Waals surface area contributed by atoms with Gasteiger partial charge in [-0.05, 0) is 55.5 Å². The first-order valence-corrected chi connectivity index (χ1v) is 15.1. The third-order valence-corrected chi connectivity index (χ3v) is 9.27. The standard InChI is InChI=1S/C28H39N3O8S/c1-3-21(4-2)39-30(40(35,36)22-12-10-20(29)11-13-22)17-26(32)24(16-19-8-6-5-7-9-19)31(28(33)34)25-18-38-27-23(25)14-15-37-27/h5-13,21,23-27,32H,3-4,14-18,29H2,1-2H3,(H,33,34)/t23-,24-,25-,26+,27+/m0/s1. The molecule has 12 heteroatoms. The van der Waals surface area contributed by atoms with E-state index in [1.807, 2.05) is 44.2 Å². The average Bonchev–Trinajstić information content (AvgIpc) is 3.56. The SMILES string of the molecule is CCC(CC)ON(C[C@@H](O)[C@H](Cc1ccccc1)N(C(=O)O)[C@H]1CO[C@H]2OCC[C@H]21)S(=O)(=O)c1ccc(N)cc1. The van der Waals surface area contributed by atoms with Crippen molar-refractivity contribution in [3.8, 4) is 0 Å². The number of anilines is 1. The smallest absolute Gasteiger partial charge is 0.407 e. The number of carboxylic acid groups (broad SMARTS) is 1. The molecular weight excluding hydrogens is 538 g/mol. The van der Waals surface area contributed by atoms with E-state index in [1.165, 1.54) is 29.2 Å². The van der Waals surface area contributed by atoms with Crippen LogP contribution < -0.4 is 5.73 Å². The van der Waals surface area contributed by atoms with E-state index in [-0.39, 0.29) is 23.8 Å². The van der Waals surface area contributed by atoms with Crippen LogP contribution >= 0.6 is 0 Å². The second-order valence-corrected chi connectivity index (χ2v) is 12.0. The van der Waals surface area contributed by atoms with Crippen LogP contribution in [0.15, 0.2) is 59.5 Å². The summed E-state index contributed by atoms with van der Waals surface area (Å²) in [7, 11) is -4.23. The van der Waals surface area contributed by atoms with Gasteiger partial charge in [-0.3, -0.25) is 9.74 Å². The minimum absolute atomic E-state index is 0.0512. The van der Waals surface area contributed by atoms with Crippen LogP contribution in [0.25, 0.3) is 0 Å². The van der Waals surface area contributed by atoms with Crippen LogP contribution in [0, 0.1) is 5.92 Å². The molecule has 0 radical (unpaired) electrons. The topological polar surface area (TPSA) is 152 Å². The van der Waals surface area contributed by atoms with Crippen LogP contribution in [0.4, 0.5) is 10.5 Å². The number of hydroxylamine groups is 1. The number of nitrogens with zero attached hydrogens (tertiary/aromatic N) is 2. The Morgan fingerprint density at radius 3 is 2.40 bits per heavy atom. The van der Waals surface area contributed by atoms with Crippen molar-refractivity contribution in [2.75, 3.05) is 25.5 Å². The summed E-state index contributed by atoms with van der Waals surface area (Å²) in [5.41, 5.74) is 6.96. The van der Waals surface area contributed by atoms with Gasteiger partial charge in [0.25, 0.3) is 10.0 Å². The highest BCUT2D eigenvalue weighted by molar-refractivity contribution is 7.89. The van der Waals surface area contributed by atoms with Crippen molar-refractivity contribution in [1.82, 2.24) is 9.37 Å². The highest BCUT2D eigenvalue weighted by atomic mass is 32.2. The zero-order chi connectivity index (χ0) is 28.9. The Hall–Kier alpha value is -2.74. The van der Waals surface area contributed by atoms with E-state index in [2.05, 4.69) is 0 Å². The molecule has 0 bridgehead atoms. The van der Waals surface area contributed by atoms with Crippen molar-refractivity contribution in [1.29, 1.82) is 0 Å². The first kappa shape index (κ1) is 30.2. The van der Waals surface area contributed by atoms with Crippen molar-refractivity contribution in [2.45, 2.75) is 75.0 Å². The van der Waals surface area contributed by atoms with Crippen LogP contribution in [0.5, 0.6) is 0 Å². The minimum Gasteiger partial charge on any atom is -0.465 e. The number of benzene rings is 2. The largest absolute Gasteiger partial charge is 0.465 e. The number of aliphatic hydroxyl groups is 1. The van der Waals surface area contributed by atoms with Gasteiger partial charge in [0.2, 0.25) is 0 Å². The first-order valence-electron chi connectivity index (χ1n) is 13.7. The maximum Gasteiger partial charge on any atom is 0.407 e. The molecule has 11 nitrogen and oxygen atoms in total. The Bertz CT molecular complexity index is 1210. The summed E-state index contributed by atoms with van der Waals surface area (Å²) in [6.07, 6.45) is -1.73. The third kappa shape index (κ3) is 6.76. The monoisotopic (exact) mass is 577 g/mol. The summed E-state index contributed by atoms with van der Waals surface area (Å²) in [6.45, 7) is 3.86. The molecule has 2 aromatic carbocycles. The minimum atomic E-state index is -4.23. The number of nitrogen functional groups attached to an aromatic ring is 1. The van der Waals surface area contributed by atoms with Gasteiger partial charge in [0.15, 0.2) is 6.29 Å². The van der Waals surface area contributed by atoms with Crippen molar-refractivity contribution < 1.29 is 37.7 Å². The van der Waals surface area contributed by atoms with E-state index in [0.29, 0.717) is 31.6 Å². The quantitative estimate of drug-likeness (QED) is 0.241. The molecule has 40 heavy (non-hydrogen) atoms. The van der Waals surface area contributed by atoms with Crippen LogP contribution in [-0.4, -0.2) is 84.4 Å². The van der Waals surface area contributed by atoms with E-state index in [9.17, 15) is 23.4 Å². The number of amides is 1. The summed E-state index contributed by atoms with van der Waals surface area (Å²) in [5.74, 6) is -0.183. The third-order valence-electron chi connectivity index (χ3n) is 7.64. The number of ether oxygens (including phenoxy) is 2. The summed E-state index contributed by atoms with van der Waals surface area (Å²) < 4.78 is 39.6. The van der Waals surface area contributed by atoms with Crippen LogP contribution in [-0.2, 0) is 30.8 Å². The molecular formula is C28H39N3O8S. The molecule has 220 valence electrons. The molecule has 0 aromatic heterocycles. The molecule has 2 aromatic rings. The van der Waals surface area contributed by atoms with Gasteiger partial charge < -0.3 is 25.4 Å². The molecule has 2 aliphatic rings. The first-order chi connectivity index (χ1) is 19.1. The number of nitrogens with two attached hydrogens (primary N) is 1. The van der Waals surface area contributed by atoms with Crippen molar-refractivity contribution >= 4 is 21.8 Å². The molecule has 4 rings (SSSR count). The predicted molar refractivity (Wildman–Crippen MR) is 148 cm³/mol. The Morgan fingerprint density at radius 1 is 1.10 bits per heavy atom. The van der Waals surface area contributed by atoms with Gasteiger partial charge in [-0.25, -0.2) is 13.2 Å². The van der Waals surface area contributed by atoms with Crippen LogP contribution in [0.3, 0.4) is 0 Å². The molecule has 2 fully saturated rings. The molecule has 2 aliphatic heterocycles. The fraction of sp³-hybridized carbons (Fsp3) is 0.536. The van der Waals surface area contributed by atoms with Crippen molar-refractivity contribution in [3.05, 3.63) is 60.2 Å². The lowest BCUT2D eigenvalue weighted by Crippen LogP contribution is -2.57. The van der Waals surface area contributed by atoms with Gasteiger partial charge in [-0.2, -0.15) is 0 Å². The molecule has 0 saturated carbocycles. The second kappa shape index (κ2) is 13.3. The Morgan fingerprint density at radius 2 is 1.77 bits per heavy atom. The number of rotatable bonds is 13. The molecule has 1 amide bonds. The molecule has 2 heterocycles. The number of aliphatic hydroxyl groups excluding tert-OH is 1. The number of hydrogen-bond acceptors (Lipinski definition) is 8. The highest BCUT2D eigenvalue weighted by Gasteiger charge is 2.49. The molecule has 5 atom stereocenters. The fourth-order valence-corrected chi connectivity index (χ4v) is 6.67. The summed E-state index contributed by atoms with van der Waals surface area (Å²) >= 11 is 0. The van der Waals surface area contributed by atoms with Gasteiger partial charge in [-0.1, -0.05) is 48.6 Å². The van der Waals surface area contributed by atoms with Crippen LogP contribution in [0.2, 0.25) is 0 Å². The number of fused-ring (bicyclic) bond motifs is 1. The van der Waals surface area contributed by atoms with Crippen LogP contribution in [0.1, 0.15) is 38.7 Å². The van der Waals surface area contributed by atoms with Crippen molar-refractivity contribution in [3.63, 3.8) is 0 Å². The van der Waals surface area contributed by atoms with Gasteiger partial charge in [0.05, 0.1) is 48.9 Å². The van der Waals surface area contributed by atoms with E-state index in [0.717, 1.165) is 10.0 Å². The van der Waals surface area contributed by atoms with E-state index >= 15 is 0 Å². The lowest BCUT2D eigenvalue weighted by Gasteiger charge is -2.39. The summed E-state index contributed by atoms with van der Waals surface area (Å²) in [4.78, 5) is 19.9. The Balaban J connectivity index is 1.69. The van der Waals surface area contributed by atoms with E-state index < -0.39 is 53.2 Å². The van der Waals surface area contributed by atoms with Gasteiger partial charge >= 0.3 is 6.09 Å². The van der Waals surface area contributed by atoms with Gasteiger partial charge in [-0.15, -0.1) is 0 Å². The average molecular weight is 578 g/mol. The lowest BCUT2D eigenvalue weighted by molar-refractivity contribution is -0.153. The molecule has 2 saturated heterocycles. The zero-order valence-electron chi connectivity index (χ0n) is 22.8. The molecule has 0 aliphatic carbocycles. The summed E-state index contributed by atoms with van der Waals surface area (Å²) in [6, 6.07) is 13.3. The molecule has 0 spiro atoms. The maximum atomic E-state index is 13.7. The van der Waals surface area contributed by atoms with Gasteiger partial charge in [0, 0.05) is 11.6 Å².